The summed E-state index contributed by atoms with van der Waals surface area (Å²) in [5.74, 6) is 2.50. The molecule has 1 aromatic carbocycles. The maximum Gasteiger partial charge on any atom is 0.279 e. The van der Waals surface area contributed by atoms with E-state index in [9.17, 15) is 9.90 Å². The first-order valence-electron chi connectivity index (χ1n) is 9.31. The minimum absolute atomic E-state index is 0.0136. The molecule has 5 nitrogen and oxygen atoms in total. The molecule has 0 unspecified atom stereocenters. The molecule has 1 N–H and O–H groups in total. The van der Waals surface area contributed by atoms with Crippen LogP contribution in [0.15, 0.2) is 65.0 Å². The number of aryl methyl sites for hydroxylation is 2. The SMILES string of the molecule is C#CCn1nc(C)c(O)c(-c2c(C)ccc(Cl)c2OCC2=CC=CC=CC=C2)c1=O. The number of benzene rings is 1. The van der Waals surface area contributed by atoms with Crippen molar-refractivity contribution in [3.05, 3.63) is 86.9 Å². The molecule has 0 saturated heterocycles. The minimum Gasteiger partial charge on any atom is -0.505 e. The van der Waals surface area contributed by atoms with Crippen molar-refractivity contribution in [1.29, 1.82) is 0 Å². The van der Waals surface area contributed by atoms with Gasteiger partial charge in [-0.25, -0.2) is 4.68 Å². The van der Waals surface area contributed by atoms with Gasteiger partial charge in [0.15, 0.2) is 5.75 Å². The molecule has 1 heterocycles. The second-order valence-corrected chi connectivity index (χ2v) is 7.11. The first-order chi connectivity index (χ1) is 14.4. The van der Waals surface area contributed by atoms with Crippen molar-refractivity contribution in [2.75, 3.05) is 6.61 Å². The number of allylic oxidation sites excluding steroid dienone is 6. The molecule has 0 bridgehead atoms. The lowest BCUT2D eigenvalue weighted by Crippen LogP contribution is -2.25. The number of aromatic hydroxyl groups is 1. The third-order valence-corrected chi connectivity index (χ3v) is 4.85. The maximum atomic E-state index is 13.0. The zero-order chi connectivity index (χ0) is 21.7. The van der Waals surface area contributed by atoms with Gasteiger partial charge in [0.05, 0.1) is 10.6 Å². The Kier molecular flexibility index (Phi) is 6.61. The van der Waals surface area contributed by atoms with Gasteiger partial charge in [0.2, 0.25) is 0 Å². The monoisotopic (exact) mass is 420 g/mol. The first-order valence-corrected chi connectivity index (χ1v) is 9.68. The summed E-state index contributed by atoms with van der Waals surface area (Å²) in [7, 11) is 0. The quantitative estimate of drug-likeness (QED) is 0.723. The van der Waals surface area contributed by atoms with Gasteiger partial charge >= 0.3 is 0 Å². The Morgan fingerprint density at radius 3 is 2.67 bits per heavy atom. The zero-order valence-electron chi connectivity index (χ0n) is 16.7. The number of rotatable bonds is 5. The summed E-state index contributed by atoms with van der Waals surface area (Å²) in [6, 6.07) is 3.47. The van der Waals surface area contributed by atoms with Crippen LogP contribution in [0.4, 0.5) is 0 Å². The highest BCUT2D eigenvalue weighted by molar-refractivity contribution is 6.32. The molecular formula is C24H21ClN2O3. The van der Waals surface area contributed by atoms with Crippen molar-refractivity contribution in [3.8, 4) is 35.0 Å². The van der Waals surface area contributed by atoms with Gasteiger partial charge < -0.3 is 9.84 Å². The molecule has 1 aliphatic carbocycles. The number of nitrogens with zero attached hydrogens (tertiary/aromatic N) is 2. The number of terminal acetylenes is 1. The van der Waals surface area contributed by atoms with E-state index in [1.807, 2.05) is 49.5 Å². The van der Waals surface area contributed by atoms with Gasteiger partial charge in [-0.15, -0.1) is 6.42 Å². The molecule has 152 valence electrons. The molecule has 0 amide bonds. The van der Waals surface area contributed by atoms with Gasteiger partial charge in [-0.3, -0.25) is 4.79 Å². The second kappa shape index (κ2) is 9.34. The maximum absolute atomic E-state index is 13.0. The van der Waals surface area contributed by atoms with Crippen LogP contribution in [0.5, 0.6) is 11.5 Å². The summed E-state index contributed by atoms with van der Waals surface area (Å²) in [4.78, 5) is 13.0. The van der Waals surface area contributed by atoms with E-state index >= 15 is 0 Å². The van der Waals surface area contributed by atoms with Crippen molar-refractivity contribution in [3.63, 3.8) is 0 Å². The van der Waals surface area contributed by atoms with E-state index < -0.39 is 5.56 Å². The van der Waals surface area contributed by atoms with Gasteiger partial charge in [-0.05, 0) is 31.1 Å². The van der Waals surface area contributed by atoms with E-state index in [4.69, 9.17) is 22.8 Å². The normalized spacial score (nSPS) is 12.8. The Morgan fingerprint density at radius 2 is 1.90 bits per heavy atom. The highest BCUT2D eigenvalue weighted by atomic mass is 35.5. The lowest BCUT2D eigenvalue weighted by Gasteiger charge is -2.18. The summed E-state index contributed by atoms with van der Waals surface area (Å²) in [5.41, 5.74) is 1.91. The number of halogens is 1. The van der Waals surface area contributed by atoms with E-state index in [1.54, 1.807) is 19.1 Å². The van der Waals surface area contributed by atoms with Crippen LogP contribution in [-0.4, -0.2) is 21.5 Å². The van der Waals surface area contributed by atoms with Crippen LogP contribution in [-0.2, 0) is 6.54 Å². The van der Waals surface area contributed by atoms with Crippen molar-refractivity contribution >= 4 is 11.6 Å². The molecular weight excluding hydrogens is 400 g/mol. The third kappa shape index (κ3) is 4.40. The van der Waals surface area contributed by atoms with E-state index in [1.165, 1.54) is 0 Å². The van der Waals surface area contributed by atoms with Crippen LogP contribution < -0.4 is 10.3 Å². The number of ether oxygens (including phenoxy) is 1. The van der Waals surface area contributed by atoms with Crippen LogP contribution >= 0.6 is 11.6 Å². The van der Waals surface area contributed by atoms with Crippen LogP contribution in [0.1, 0.15) is 11.3 Å². The molecule has 0 fully saturated rings. The molecule has 0 aliphatic heterocycles. The summed E-state index contributed by atoms with van der Waals surface area (Å²) >= 11 is 6.45. The smallest absolute Gasteiger partial charge is 0.279 e. The molecule has 30 heavy (non-hydrogen) atoms. The van der Waals surface area contributed by atoms with Gasteiger partial charge in [-0.2, -0.15) is 5.10 Å². The lowest BCUT2D eigenvalue weighted by atomic mass is 9.99. The Balaban J connectivity index is 2.13. The molecule has 0 saturated carbocycles. The van der Waals surface area contributed by atoms with E-state index in [0.29, 0.717) is 16.3 Å². The summed E-state index contributed by atoms with van der Waals surface area (Å²) in [5, 5.41) is 15.1. The number of aromatic nitrogens is 2. The predicted octanol–water partition coefficient (Wildman–Crippen LogP) is 4.51. The Morgan fingerprint density at radius 1 is 1.17 bits per heavy atom. The summed E-state index contributed by atoms with van der Waals surface area (Å²) in [6.45, 7) is 3.64. The molecule has 0 atom stereocenters. The largest absolute Gasteiger partial charge is 0.505 e. The topological polar surface area (TPSA) is 64.3 Å². The Hall–Kier alpha value is -3.49. The van der Waals surface area contributed by atoms with Crippen molar-refractivity contribution in [1.82, 2.24) is 9.78 Å². The molecule has 6 heteroatoms. The summed E-state index contributed by atoms with van der Waals surface area (Å²) in [6.07, 6.45) is 18.8. The molecule has 1 aliphatic rings. The van der Waals surface area contributed by atoms with Crippen LogP contribution in [0, 0.1) is 26.2 Å². The van der Waals surface area contributed by atoms with Crippen LogP contribution in [0.2, 0.25) is 5.02 Å². The van der Waals surface area contributed by atoms with E-state index in [0.717, 1.165) is 15.8 Å². The van der Waals surface area contributed by atoms with E-state index in [2.05, 4.69) is 11.0 Å². The Bertz CT molecular complexity index is 1190. The van der Waals surface area contributed by atoms with Crippen LogP contribution in [0.3, 0.4) is 0 Å². The van der Waals surface area contributed by atoms with Gasteiger partial charge in [0.25, 0.3) is 5.56 Å². The van der Waals surface area contributed by atoms with Crippen molar-refractivity contribution < 1.29 is 9.84 Å². The molecule has 1 aromatic heterocycles. The number of hydrogen-bond donors (Lipinski definition) is 1. The lowest BCUT2D eigenvalue weighted by molar-refractivity contribution is 0.356. The summed E-state index contributed by atoms with van der Waals surface area (Å²) < 4.78 is 7.20. The first kappa shape index (κ1) is 21.2. The highest BCUT2D eigenvalue weighted by Gasteiger charge is 2.23. The molecule has 3 rings (SSSR count). The van der Waals surface area contributed by atoms with Gasteiger partial charge in [-0.1, -0.05) is 66.1 Å². The van der Waals surface area contributed by atoms with Crippen LogP contribution in [0.25, 0.3) is 11.1 Å². The van der Waals surface area contributed by atoms with Crippen molar-refractivity contribution in [2.24, 2.45) is 0 Å². The van der Waals surface area contributed by atoms with E-state index in [-0.39, 0.29) is 30.2 Å². The average Bonchev–Trinajstić information content (AvgIpc) is 2.69. The standard InChI is InChI=1S/C24H21ClN2O3/c1-4-14-27-24(29)21(22(28)17(3)26-27)20-16(2)12-13-19(25)23(20)30-15-18-10-8-6-5-7-9-11-18/h1,5-13,28H,14-15H2,2-3H3. The zero-order valence-corrected chi connectivity index (χ0v) is 17.5. The van der Waals surface area contributed by atoms with Gasteiger partial charge in [0, 0.05) is 5.56 Å². The minimum atomic E-state index is -0.510. The second-order valence-electron chi connectivity index (χ2n) is 6.70. The fraction of sp³-hybridized carbons (Fsp3) is 0.167. The fourth-order valence-electron chi connectivity index (χ4n) is 3.07. The highest BCUT2D eigenvalue weighted by Crippen LogP contribution is 2.41. The molecule has 2 aromatic rings. The predicted molar refractivity (Wildman–Crippen MR) is 120 cm³/mol. The molecule has 0 spiro atoms. The van der Waals surface area contributed by atoms with Crippen molar-refractivity contribution in [2.45, 2.75) is 20.4 Å². The fourth-order valence-corrected chi connectivity index (χ4v) is 3.28. The number of hydrogen-bond acceptors (Lipinski definition) is 4. The molecule has 0 radical (unpaired) electrons. The van der Waals surface area contributed by atoms with Gasteiger partial charge in [0.1, 0.15) is 24.6 Å². The Labute approximate surface area is 180 Å². The average molecular weight is 421 g/mol. The third-order valence-electron chi connectivity index (χ3n) is 4.56.